The molecule has 0 aliphatic carbocycles. The summed E-state index contributed by atoms with van der Waals surface area (Å²) < 4.78 is 31.2. The molecule has 164 valence electrons. The van der Waals surface area contributed by atoms with E-state index < -0.39 is 17.2 Å². The number of aliphatic hydroxyl groups is 1. The summed E-state index contributed by atoms with van der Waals surface area (Å²) in [5.74, 6) is -1.51. The minimum absolute atomic E-state index is 0.00549. The first kappa shape index (κ1) is 22.0. The van der Waals surface area contributed by atoms with Gasteiger partial charge in [-0.25, -0.2) is 18.4 Å². The molecule has 4 aromatic rings. The Bertz CT molecular complexity index is 1210. The van der Waals surface area contributed by atoms with Crippen molar-refractivity contribution in [1.29, 1.82) is 0 Å². The van der Waals surface area contributed by atoms with Crippen LogP contribution >= 0.6 is 11.8 Å². The van der Waals surface area contributed by atoms with Crippen LogP contribution in [0.1, 0.15) is 16.7 Å². The molecule has 2 heterocycles. The summed E-state index contributed by atoms with van der Waals surface area (Å²) >= 11 is 1.69. The lowest BCUT2D eigenvalue weighted by atomic mass is 9.92. The van der Waals surface area contributed by atoms with Gasteiger partial charge in [-0.2, -0.15) is 5.10 Å². The maximum atomic E-state index is 14.6. The van der Waals surface area contributed by atoms with Gasteiger partial charge in [0.05, 0.1) is 13.1 Å². The van der Waals surface area contributed by atoms with Gasteiger partial charge in [0.2, 0.25) is 0 Å². The smallest absolute Gasteiger partial charge is 0.137 e. The van der Waals surface area contributed by atoms with Crippen LogP contribution in [-0.2, 0) is 18.7 Å². The second-order valence-electron chi connectivity index (χ2n) is 7.47. The zero-order valence-corrected chi connectivity index (χ0v) is 18.2. The molecule has 2 aromatic carbocycles. The maximum Gasteiger partial charge on any atom is 0.137 e. The van der Waals surface area contributed by atoms with Crippen LogP contribution in [0.15, 0.2) is 78.5 Å². The molecule has 2 aromatic heterocycles. The standard InChI is InChI=1S/C24H22F2N4OS/c1-32-21-7-4-18(5-8-21)2-3-19-10-11-29(13-19)14-24(31,15-30-17-27-16-28-30)22-9-6-20(25)12-23(22)26/h2-13,16-17,31H,14-15H2,1H3/b3-2+. The molecule has 1 atom stereocenters. The third-order valence-corrected chi connectivity index (χ3v) is 5.87. The fourth-order valence-electron chi connectivity index (χ4n) is 3.54. The van der Waals surface area contributed by atoms with Crippen LogP contribution in [0, 0.1) is 11.6 Å². The number of hydrogen-bond donors (Lipinski definition) is 1. The Morgan fingerprint density at radius 1 is 1.03 bits per heavy atom. The van der Waals surface area contributed by atoms with Crippen molar-refractivity contribution < 1.29 is 13.9 Å². The zero-order valence-electron chi connectivity index (χ0n) is 17.4. The number of thioether (sulfide) groups is 1. The van der Waals surface area contributed by atoms with Crippen molar-refractivity contribution in [2.24, 2.45) is 0 Å². The van der Waals surface area contributed by atoms with E-state index in [0.717, 1.165) is 23.3 Å². The number of hydrogen-bond acceptors (Lipinski definition) is 4. The van der Waals surface area contributed by atoms with E-state index in [1.165, 1.54) is 28.3 Å². The molecule has 0 saturated carbocycles. The van der Waals surface area contributed by atoms with Crippen LogP contribution in [-0.4, -0.2) is 30.7 Å². The Morgan fingerprint density at radius 3 is 2.50 bits per heavy atom. The molecule has 0 radical (unpaired) electrons. The molecule has 8 heteroatoms. The number of aromatic nitrogens is 4. The molecule has 0 spiro atoms. The average Bonchev–Trinajstić information content (AvgIpc) is 3.44. The molecule has 1 unspecified atom stereocenters. The van der Waals surface area contributed by atoms with E-state index in [2.05, 4.69) is 22.2 Å². The molecule has 4 rings (SSSR count). The third kappa shape index (κ3) is 5.15. The van der Waals surface area contributed by atoms with E-state index in [1.807, 2.05) is 49.0 Å². The number of halogens is 2. The second kappa shape index (κ2) is 9.50. The lowest BCUT2D eigenvalue weighted by Crippen LogP contribution is -2.37. The first-order valence-electron chi connectivity index (χ1n) is 9.93. The molecule has 5 nitrogen and oxygen atoms in total. The van der Waals surface area contributed by atoms with Gasteiger partial charge in [-0.05, 0) is 41.6 Å². The molecular formula is C24H22F2N4OS. The van der Waals surface area contributed by atoms with Crippen LogP contribution in [0.4, 0.5) is 8.78 Å². The zero-order chi connectivity index (χ0) is 22.6. The SMILES string of the molecule is CSc1ccc(/C=C/c2ccn(CC(O)(Cn3cncn3)c3ccc(F)cc3F)c2)cc1. The van der Waals surface area contributed by atoms with Gasteiger partial charge >= 0.3 is 0 Å². The highest BCUT2D eigenvalue weighted by molar-refractivity contribution is 7.98. The average molecular weight is 453 g/mol. The molecule has 0 amide bonds. The predicted molar refractivity (Wildman–Crippen MR) is 122 cm³/mol. The Labute approximate surface area is 189 Å². The van der Waals surface area contributed by atoms with Crippen molar-refractivity contribution >= 4 is 23.9 Å². The minimum atomic E-state index is -1.67. The fourth-order valence-corrected chi connectivity index (χ4v) is 3.94. The molecule has 1 N–H and O–H groups in total. The van der Waals surface area contributed by atoms with E-state index in [1.54, 1.807) is 16.3 Å². The van der Waals surface area contributed by atoms with Crippen LogP contribution < -0.4 is 0 Å². The van der Waals surface area contributed by atoms with Gasteiger partial charge in [-0.3, -0.25) is 0 Å². The Kier molecular flexibility index (Phi) is 6.53. The maximum absolute atomic E-state index is 14.6. The fraction of sp³-hybridized carbons (Fsp3) is 0.167. The molecule has 0 saturated heterocycles. The van der Waals surface area contributed by atoms with E-state index in [4.69, 9.17) is 0 Å². The summed E-state index contributed by atoms with van der Waals surface area (Å²) in [7, 11) is 0. The van der Waals surface area contributed by atoms with E-state index in [-0.39, 0.29) is 18.7 Å². The van der Waals surface area contributed by atoms with Gasteiger partial charge in [-0.1, -0.05) is 30.4 Å². The summed E-state index contributed by atoms with van der Waals surface area (Å²) in [4.78, 5) is 5.08. The van der Waals surface area contributed by atoms with Gasteiger partial charge in [0, 0.05) is 28.9 Å². The quantitative estimate of drug-likeness (QED) is 0.389. The number of benzene rings is 2. The van der Waals surface area contributed by atoms with Gasteiger partial charge in [0.1, 0.15) is 29.9 Å². The van der Waals surface area contributed by atoms with E-state index in [0.29, 0.717) is 0 Å². The summed E-state index contributed by atoms with van der Waals surface area (Å²) in [5.41, 5.74) is 0.335. The van der Waals surface area contributed by atoms with Gasteiger partial charge in [0.25, 0.3) is 0 Å². The summed E-state index contributed by atoms with van der Waals surface area (Å²) in [6.07, 6.45) is 12.5. The Balaban J connectivity index is 1.57. The molecule has 0 aliphatic rings. The van der Waals surface area contributed by atoms with Crippen LogP contribution in [0.25, 0.3) is 12.2 Å². The van der Waals surface area contributed by atoms with Crippen molar-refractivity contribution in [3.8, 4) is 0 Å². The summed E-state index contributed by atoms with van der Waals surface area (Å²) in [6, 6.07) is 13.3. The van der Waals surface area contributed by atoms with Crippen molar-refractivity contribution in [3.05, 3.63) is 102 Å². The van der Waals surface area contributed by atoms with Gasteiger partial charge < -0.3 is 9.67 Å². The third-order valence-electron chi connectivity index (χ3n) is 5.12. The molecule has 0 fully saturated rings. The summed E-state index contributed by atoms with van der Waals surface area (Å²) in [5, 5.41) is 15.5. The van der Waals surface area contributed by atoms with Crippen LogP contribution in [0.5, 0.6) is 0 Å². The number of nitrogens with zero attached hydrogens (tertiary/aromatic N) is 4. The van der Waals surface area contributed by atoms with E-state index in [9.17, 15) is 13.9 Å². The van der Waals surface area contributed by atoms with Gasteiger partial charge in [-0.15, -0.1) is 11.8 Å². The Hall–Kier alpha value is -3.23. The molecule has 0 bridgehead atoms. The topological polar surface area (TPSA) is 55.9 Å². The minimum Gasteiger partial charge on any atom is -0.381 e. The van der Waals surface area contributed by atoms with Crippen molar-refractivity contribution in [2.75, 3.05) is 6.26 Å². The molecule has 0 aliphatic heterocycles. The number of rotatable bonds is 8. The lowest BCUT2D eigenvalue weighted by molar-refractivity contribution is -0.00534. The molecular weight excluding hydrogens is 430 g/mol. The monoisotopic (exact) mass is 452 g/mol. The highest BCUT2D eigenvalue weighted by Crippen LogP contribution is 2.29. The molecule has 32 heavy (non-hydrogen) atoms. The van der Waals surface area contributed by atoms with E-state index >= 15 is 0 Å². The lowest BCUT2D eigenvalue weighted by Gasteiger charge is -2.29. The summed E-state index contributed by atoms with van der Waals surface area (Å²) in [6.45, 7) is 0.00632. The van der Waals surface area contributed by atoms with Crippen molar-refractivity contribution in [3.63, 3.8) is 0 Å². The van der Waals surface area contributed by atoms with Crippen LogP contribution in [0.3, 0.4) is 0 Å². The highest BCUT2D eigenvalue weighted by Gasteiger charge is 2.34. The van der Waals surface area contributed by atoms with Crippen molar-refractivity contribution in [1.82, 2.24) is 19.3 Å². The Morgan fingerprint density at radius 2 is 1.81 bits per heavy atom. The normalized spacial score (nSPS) is 13.5. The first-order chi connectivity index (χ1) is 15.4. The first-order valence-corrected chi connectivity index (χ1v) is 11.2. The largest absolute Gasteiger partial charge is 0.381 e. The van der Waals surface area contributed by atoms with Crippen molar-refractivity contribution in [2.45, 2.75) is 23.6 Å². The van der Waals surface area contributed by atoms with Crippen LogP contribution in [0.2, 0.25) is 0 Å². The highest BCUT2D eigenvalue weighted by atomic mass is 32.2. The predicted octanol–water partition coefficient (Wildman–Crippen LogP) is 4.84. The van der Waals surface area contributed by atoms with Gasteiger partial charge in [0.15, 0.2) is 0 Å². The second-order valence-corrected chi connectivity index (χ2v) is 8.35.